The molecule has 5 nitrogen and oxygen atoms in total. The number of esters is 1. The molecule has 0 aromatic heterocycles. The molecular formula is C17H18O5. The van der Waals surface area contributed by atoms with Gasteiger partial charge in [-0.25, -0.2) is 4.79 Å². The predicted molar refractivity (Wildman–Crippen MR) is 81.6 cm³/mol. The van der Waals surface area contributed by atoms with Gasteiger partial charge in [-0.2, -0.15) is 0 Å². The van der Waals surface area contributed by atoms with Gasteiger partial charge in [0.1, 0.15) is 22.8 Å². The molecule has 0 aliphatic carbocycles. The lowest BCUT2D eigenvalue weighted by molar-refractivity contribution is 0.0730. The molecule has 0 saturated carbocycles. The fourth-order valence-corrected chi connectivity index (χ4v) is 2.01. The summed E-state index contributed by atoms with van der Waals surface area (Å²) in [6, 6.07) is 10.2. The highest BCUT2D eigenvalue weighted by atomic mass is 16.5. The average molecular weight is 302 g/mol. The van der Waals surface area contributed by atoms with Gasteiger partial charge in [0, 0.05) is 5.56 Å². The molecule has 2 aromatic carbocycles. The Morgan fingerprint density at radius 2 is 1.68 bits per heavy atom. The van der Waals surface area contributed by atoms with Gasteiger partial charge >= 0.3 is 5.97 Å². The van der Waals surface area contributed by atoms with E-state index in [1.807, 2.05) is 19.1 Å². The van der Waals surface area contributed by atoms with Crippen molar-refractivity contribution in [3.05, 3.63) is 53.1 Å². The molecule has 0 atom stereocenters. The van der Waals surface area contributed by atoms with Crippen molar-refractivity contribution in [2.75, 3.05) is 14.2 Å². The number of hydrogen-bond donors (Lipinski definition) is 1. The molecule has 0 saturated heterocycles. The molecule has 0 heterocycles. The van der Waals surface area contributed by atoms with Crippen LogP contribution in [0.5, 0.6) is 17.2 Å². The van der Waals surface area contributed by atoms with Gasteiger partial charge in [0.2, 0.25) is 0 Å². The zero-order valence-corrected chi connectivity index (χ0v) is 12.8. The smallest absolute Gasteiger partial charge is 0.347 e. The minimum atomic E-state index is -0.552. The van der Waals surface area contributed by atoms with Crippen molar-refractivity contribution in [2.24, 2.45) is 0 Å². The number of rotatable bonds is 5. The summed E-state index contributed by atoms with van der Waals surface area (Å²) in [4.78, 5) is 12.3. The third-order valence-corrected chi connectivity index (χ3v) is 3.22. The lowest BCUT2D eigenvalue weighted by Crippen LogP contribution is -2.11. The van der Waals surface area contributed by atoms with Gasteiger partial charge in [0.15, 0.2) is 0 Å². The second kappa shape index (κ2) is 6.95. The van der Waals surface area contributed by atoms with E-state index >= 15 is 0 Å². The van der Waals surface area contributed by atoms with Crippen LogP contribution in [0.3, 0.4) is 0 Å². The van der Waals surface area contributed by atoms with E-state index in [9.17, 15) is 9.90 Å². The zero-order chi connectivity index (χ0) is 16.1. The Morgan fingerprint density at radius 1 is 1.05 bits per heavy atom. The Balaban J connectivity index is 2.33. The highest BCUT2D eigenvalue weighted by Crippen LogP contribution is 2.30. The van der Waals surface area contributed by atoms with E-state index in [2.05, 4.69) is 0 Å². The molecule has 22 heavy (non-hydrogen) atoms. The van der Waals surface area contributed by atoms with Gasteiger partial charge < -0.3 is 19.3 Å². The fraction of sp³-hybridized carbons (Fsp3) is 0.235. The fourth-order valence-electron chi connectivity index (χ4n) is 2.01. The lowest BCUT2D eigenvalue weighted by Gasteiger charge is -2.13. The monoisotopic (exact) mass is 302 g/mol. The molecule has 2 aromatic rings. The number of ether oxygens (including phenoxy) is 3. The van der Waals surface area contributed by atoms with Gasteiger partial charge in [0.25, 0.3) is 0 Å². The van der Waals surface area contributed by atoms with Crippen LogP contribution in [0, 0.1) is 6.92 Å². The molecule has 116 valence electrons. The number of hydrogen-bond acceptors (Lipinski definition) is 5. The molecule has 0 radical (unpaired) electrons. The maximum Gasteiger partial charge on any atom is 0.347 e. The minimum Gasteiger partial charge on any atom is -0.496 e. The second-order valence-corrected chi connectivity index (χ2v) is 4.73. The van der Waals surface area contributed by atoms with E-state index in [0.29, 0.717) is 22.8 Å². The molecule has 0 aliphatic heterocycles. The summed E-state index contributed by atoms with van der Waals surface area (Å²) in [6.45, 7) is 1.74. The first-order valence-corrected chi connectivity index (χ1v) is 6.73. The van der Waals surface area contributed by atoms with Gasteiger partial charge in [-0.3, -0.25) is 0 Å². The molecule has 0 amide bonds. The van der Waals surface area contributed by atoms with Crippen molar-refractivity contribution in [1.82, 2.24) is 0 Å². The molecule has 2 rings (SSSR count). The minimum absolute atomic E-state index is 0.215. The summed E-state index contributed by atoms with van der Waals surface area (Å²) in [5, 5.41) is 9.31. The average Bonchev–Trinajstić information content (AvgIpc) is 2.55. The second-order valence-electron chi connectivity index (χ2n) is 4.73. The van der Waals surface area contributed by atoms with Crippen molar-refractivity contribution >= 4 is 5.97 Å². The normalized spacial score (nSPS) is 10.2. The van der Waals surface area contributed by atoms with Gasteiger partial charge in [0.05, 0.1) is 20.8 Å². The Bertz CT molecular complexity index is 661. The zero-order valence-electron chi connectivity index (χ0n) is 12.8. The summed E-state index contributed by atoms with van der Waals surface area (Å²) in [5.74, 6) is 0.618. The third-order valence-electron chi connectivity index (χ3n) is 3.22. The Labute approximate surface area is 129 Å². The first kappa shape index (κ1) is 15.9. The van der Waals surface area contributed by atoms with Crippen LogP contribution in [0.1, 0.15) is 21.5 Å². The summed E-state index contributed by atoms with van der Waals surface area (Å²) < 4.78 is 15.7. The summed E-state index contributed by atoms with van der Waals surface area (Å²) in [6.07, 6.45) is 0. The Morgan fingerprint density at radius 3 is 2.23 bits per heavy atom. The molecule has 1 N–H and O–H groups in total. The number of carbonyl (C=O) groups is 1. The number of aryl methyl sites for hydroxylation is 1. The third kappa shape index (κ3) is 3.38. The van der Waals surface area contributed by atoms with Crippen molar-refractivity contribution in [3.8, 4) is 17.2 Å². The van der Waals surface area contributed by atoms with E-state index in [-0.39, 0.29) is 12.2 Å². The van der Waals surface area contributed by atoms with Crippen LogP contribution in [0.25, 0.3) is 0 Å². The number of benzene rings is 2. The first-order chi connectivity index (χ1) is 10.6. The summed E-state index contributed by atoms with van der Waals surface area (Å²) in [7, 11) is 2.92. The SMILES string of the molecule is COc1cc(C(=O)Oc2ccc(C)cc2)c(OC)cc1CO. The first-order valence-electron chi connectivity index (χ1n) is 6.73. The number of carbonyl (C=O) groups excluding carboxylic acids is 1. The Kier molecular flexibility index (Phi) is 5.01. The van der Waals surface area contributed by atoms with Crippen LogP contribution < -0.4 is 14.2 Å². The predicted octanol–water partition coefficient (Wildman–Crippen LogP) is 2.72. The molecule has 0 bridgehead atoms. The van der Waals surface area contributed by atoms with E-state index in [1.165, 1.54) is 20.3 Å². The molecule has 5 heteroatoms. The largest absolute Gasteiger partial charge is 0.496 e. The van der Waals surface area contributed by atoms with E-state index in [4.69, 9.17) is 14.2 Å². The molecule has 0 fully saturated rings. The van der Waals surface area contributed by atoms with E-state index in [1.54, 1.807) is 18.2 Å². The van der Waals surface area contributed by atoms with Crippen LogP contribution in [-0.4, -0.2) is 25.3 Å². The van der Waals surface area contributed by atoms with Crippen LogP contribution in [0.15, 0.2) is 36.4 Å². The maximum absolute atomic E-state index is 12.3. The molecule has 0 unspecified atom stereocenters. The summed E-state index contributed by atoms with van der Waals surface area (Å²) >= 11 is 0. The molecule has 0 spiro atoms. The quantitative estimate of drug-likeness (QED) is 0.679. The van der Waals surface area contributed by atoms with Gasteiger partial charge in [-0.15, -0.1) is 0 Å². The van der Waals surface area contributed by atoms with E-state index in [0.717, 1.165) is 5.56 Å². The molecular weight excluding hydrogens is 284 g/mol. The van der Waals surface area contributed by atoms with Gasteiger partial charge in [-0.1, -0.05) is 17.7 Å². The number of methoxy groups -OCH3 is 2. The van der Waals surface area contributed by atoms with Crippen LogP contribution in [0.2, 0.25) is 0 Å². The van der Waals surface area contributed by atoms with Crippen molar-refractivity contribution in [1.29, 1.82) is 0 Å². The van der Waals surface area contributed by atoms with E-state index < -0.39 is 5.97 Å². The maximum atomic E-state index is 12.3. The highest BCUT2D eigenvalue weighted by Gasteiger charge is 2.18. The van der Waals surface area contributed by atoms with Crippen molar-refractivity contribution in [2.45, 2.75) is 13.5 Å². The van der Waals surface area contributed by atoms with Crippen LogP contribution >= 0.6 is 0 Å². The number of aliphatic hydroxyl groups excluding tert-OH is 1. The van der Waals surface area contributed by atoms with Crippen LogP contribution in [-0.2, 0) is 6.61 Å². The lowest BCUT2D eigenvalue weighted by atomic mass is 10.1. The number of aliphatic hydroxyl groups is 1. The highest BCUT2D eigenvalue weighted by molar-refractivity contribution is 5.94. The van der Waals surface area contributed by atoms with Crippen LogP contribution in [0.4, 0.5) is 0 Å². The molecule has 0 aliphatic rings. The Hall–Kier alpha value is -2.53. The topological polar surface area (TPSA) is 65.0 Å². The van der Waals surface area contributed by atoms with Crippen molar-refractivity contribution < 1.29 is 24.1 Å². The summed E-state index contributed by atoms with van der Waals surface area (Å²) in [5.41, 5.74) is 1.84. The van der Waals surface area contributed by atoms with Crippen molar-refractivity contribution in [3.63, 3.8) is 0 Å². The van der Waals surface area contributed by atoms with Gasteiger partial charge in [-0.05, 0) is 31.2 Å². The standard InChI is InChI=1S/C17H18O5/c1-11-4-6-13(7-5-11)22-17(19)14-9-15(20-2)12(10-18)8-16(14)21-3/h4-9,18H,10H2,1-3H3.